The number of carbonyl (C=O) groups excluding carboxylic acids is 2. The van der Waals surface area contributed by atoms with E-state index in [1.807, 2.05) is 29.6 Å². The van der Waals surface area contributed by atoms with Crippen LogP contribution in [-0.2, 0) is 4.79 Å². The van der Waals surface area contributed by atoms with Gasteiger partial charge in [0.25, 0.3) is 5.91 Å². The molecule has 2 amide bonds. The molecule has 154 valence electrons. The number of nitrogens with one attached hydrogen (secondary N) is 1. The molecule has 0 bridgehead atoms. The number of nitrogens with zero attached hydrogens (tertiary/aromatic N) is 1. The molecule has 4 nitrogen and oxygen atoms in total. The molecule has 4 rings (SSSR count). The highest BCUT2D eigenvalue weighted by Gasteiger charge is 2.34. The standard InChI is InChI=1S/C25H26N2O2S/c28-24(22-13-7-17-27(22)25(29)23-14-8-18-30-23)26-16-15-21(19-9-3-1-4-10-19)20-11-5-2-6-12-20/h1-6,8-12,14,18,21-22H,7,13,15-17H2,(H,26,28)/t22-/m0/s1. The van der Waals surface area contributed by atoms with Crippen LogP contribution in [0.5, 0.6) is 0 Å². The van der Waals surface area contributed by atoms with E-state index in [2.05, 4.69) is 53.8 Å². The van der Waals surface area contributed by atoms with Crippen LogP contribution in [-0.4, -0.2) is 35.8 Å². The van der Waals surface area contributed by atoms with Crippen LogP contribution in [0.2, 0.25) is 0 Å². The van der Waals surface area contributed by atoms with Gasteiger partial charge < -0.3 is 10.2 Å². The molecule has 0 saturated carbocycles. The molecule has 1 N–H and O–H groups in total. The summed E-state index contributed by atoms with van der Waals surface area (Å²) in [7, 11) is 0. The molecule has 3 aromatic rings. The van der Waals surface area contributed by atoms with E-state index in [0.29, 0.717) is 18.0 Å². The summed E-state index contributed by atoms with van der Waals surface area (Å²) < 4.78 is 0. The van der Waals surface area contributed by atoms with Crippen molar-refractivity contribution in [3.8, 4) is 0 Å². The first kappa shape index (κ1) is 20.4. The van der Waals surface area contributed by atoms with Gasteiger partial charge >= 0.3 is 0 Å². The minimum Gasteiger partial charge on any atom is -0.354 e. The van der Waals surface area contributed by atoms with Crippen molar-refractivity contribution in [2.24, 2.45) is 0 Å². The summed E-state index contributed by atoms with van der Waals surface area (Å²) >= 11 is 1.43. The molecule has 0 spiro atoms. The Labute approximate surface area is 181 Å². The Balaban J connectivity index is 1.39. The summed E-state index contributed by atoms with van der Waals surface area (Å²) in [4.78, 5) is 28.0. The van der Waals surface area contributed by atoms with Gasteiger partial charge in [0.1, 0.15) is 6.04 Å². The molecule has 1 fully saturated rings. The quantitative estimate of drug-likeness (QED) is 0.605. The Morgan fingerprint density at radius 2 is 1.63 bits per heavy atom. The van der Waals surface area contributed by atoms with Crippen LogP contribution in [0.3, 0.4) is 0 Å². The number of amides is 2. The average Bonchev–Trinajstić information content (AvgIpc) is 3.50. The van der Waals surface area contributed by atoms with Gasteiger partial charge in [-0.05, 0) is 41.8 Å². The van der Waals surface area contributed by atoms with Crippen molar-refractivity contribution in [3.05, 3.63) is 94.2 Å². The van der Waals surface area contributed by atoms with Crippen LogP contribution < -0.4 is 5.32 Å². The molecule has 0 unspecified atom stereocenters. The van der Waals surface area contributed by atoms with Gasteiger partial charge in [0.15, 0.2) is 0 Å². The second-order valence-corrected chi connectivity index (χ2v) is 8.54. The van der Waals surface area contributed by atoms with Crippen LogP contribution in [0.15, 0.2) is 78.2 Å². The Hall–Kier alpha value is -2.92. The van der Waals surface area contributed by atoms with E-state index in [-0.39, 0.29) is 23.8 Å². The van der Waals surface area contributed by atoms with Crippen LogP contribution in [0.4, 0.5) is 0 Å². The lowest BCUT2D eigenvalue weighted by Gasteiger charge is -2.24. The van der Waals surface area contributed by atoms with Crippen molar-refractivity contribution >= 4 is 23.2 Å². The van der Waals surface area contributed by atoms with Crippen molar-refractivity contribution in [1.29, 1.82) is 0 Å². The number of hydrogen-bond acceptors (Lipinski definition) is 3. The van der Waals surface area contributed by atoms with Crippen molar-refractivity contribution in [2.75, 3.05) is 13.1 Å². The van der Waals surface area contributed by atoms with E-state index in [1.165, 1.54) is 22.5 Å². The molecule has 1 aliphatic heterocycles. The lowest BCUT2D eigenvalue weighted by Crippen LogP contribution is -2.46. The molecule has 1 aromatic heterocycles. The second kappa shape index (κ2) is 9.72. The predicted octanol–water partition coefficient (Wildman–Crippen LogP) is 4.69. The number of hydrogen-bond donors (Lipinski definition) is 1. The SMILES string of the molecule is O=C(NCCC(c1ccccc1)c1ccccc1)[C@@H]1CCCN1C(=O)c1cccs1. The summed E-state index contributed by atoms with van der Waals surface area (Å²) in [5.41, 5.74) is 2.49. The Morgan fingerprint density at radius 3 is 2.23 bits per heavy atom. The fourth-order valence-electron chi connectivity index (χ4n) is 4.18. The minimum atomic E-state index is -0.369. The largest absolute Gasteiger partial charge is 0.354 e. The molecule has 1 aliphatic rings. The summed E-state index contributed by atoms with van der Waals surface area (Å²) in [6.07, 6.45) is 2.40. The molecule has 30 heavy (non-hydrogen) atoms. The summed E-state index contributed by atoms with van der Waals surface area (Å²) in [5, 5.41) is 4.99. The first-order chi connectivity index (χ1) is 14.7. The van der Waals surface area contributed by atoms with E-state index >= 15 is 0 Å². The highest BCUT2D eigenvalue weighted by molar-refractivity contribution is 7.12. The molecule has 0 aliphatic carbocycles. The van der Waals surface area contributed by atoms with Crippen molar-refractivity contribution in [3.63, 3.8) is 0 Å². The summed E-state index contributed by atoms with van der Waals surface area (Å²) in [6, 6.07) is 24.1. The van der Waals surface area contributed by atoms with Gasteiger partial charge in [-0.3, -0.25) is 9.59 Å². The van der Waals surface area contributed by atoms with E-state index in [0.717, 1.165) is 19.3 Å². The van der Waals surface area contributed by atoms with E-state index in [4.69, 9.17) is 0 Å². The molecule has 1 saturated heterocycles. The molecule has 1 atom stereocenters. The van der Waals surface area contributed by atoms with E-state index in [9.17, 15) is 9.59 Å². The minimum absolute atomic E-state index is 0.0332. The Bertz CT molecular complexity index is 918. The molecular weight excluding hydrogens is 392 g/mol. The predicted molar refractivity (Wildman–Crippen MR) is 121 cm³/mol. The topological polar surface area (TPSA) is 49.4 Å². The zero-order valence-electron chi connectivity index (χ0n) is 16.9. The Morgan fingerprint density at radius 1 is 0.967 bits per heavy atom. The normalized spacial score (nSPS) is 16.0. The van der Waals surface area contributed by atoms with Crippen LogP contribution >= 0.6 is 11.3 Å². The van der Waals surface area contributed by atoms with Gasteiger partial charge in [0.05, 0.1) is 4.88 Å². The van der Waals surface area contributed by atoms with Crippen molar-refractivity contribution < 1.29 is 9.59 Å². The highest BCUT2D eigenvalue weighted by Crippen LogP contribution is 2.27. The fourth-order valence-corrected chi connectivity index (χ4v) is 4.86. The molecule has 5 heteroatoms. The van der Waals surface area contributed by atoms with E-state index < -0.39 is 0 Å². The fraction of sp³-hybridized carbons (Fsp3) is 0.280. The second-order valence-electron chi connectivity index (χ2n) is 7.59. The first-order valence-corrected chi connectivity index (χ1v) is 11.3. The molecule has 2 aromatic carbocycles. The van der Waals surface area contributed by atoms with Gasteiger partial charge in [-0.2, -0.15) is 0 Å². The van der Waals surface area contributed by atoms with E-state index in [1.54, 1.807) is 4.90 Å². The van der Waals surface area contributed by atoms with Crippen LogP contribution in [0, 0.1) is 0 Å². The highest BCUT2D eigenvalue weighted by atomic mass is 32.1. The maximum Gasteiger partial charge on any atom is 0.264 e. The average molecular weight is 419 g/mol. The van der Waals surface area contributed by atoms with Gasteiger partial charge in [-0.15, -0.1) is 11.3 Å². The maximum atomic E-state index is 12.9. The molecular formula is C25H26N2O2S. The third-order valence-electron chi connectivity index (χ3n) is 5.68. The first-order valence-electron chi connectivity index (χ1n) is 10.5. The molecule has 2 heterocycles. The Kier molecular flexibility index (Phi) is 6.60. The lowest BCUT2D eigenvalue weighted by atomic mass is 9.88. The monoisotopic (exact) mass is 418 g/mol. The van der Waals surface area contributed by atoms with Crippen LogP contribution in [0.1, 0.15) is 46.0 Å². The number of rotatable bonds is 7. The van der Waals surface area contributed by atoms with Gasteiger partial charge in [-0.25, -0.2) is 0 Å². The van der Waals surface area contributed by atoms with Gasteiger partial charge in [0, 0.05) is 19.0 Å². The lowest BCUT2D eigenvalue weighted by molar-refractivity contribution is -0.124. The summed E-state index contributed by atoms with van der Waals surface area (Å²) in [6.45, 7) is 1.22. The van der Waals surface area contributed by atoms with Crippen molar-refractivity contribution in [2.45, 2.75) is 31.2 Å². The number of thiophene rings is 1. The zero-order valence-corrected chi connectivity index (χ0v) is 17.7. The third kappa shape index (κ3) is 4.62. The summed E-state index contributed by atoms with van der Waals surface area (Å²) in [5.74, 6) is 0.145. The number of likely N-dealkylation sites (tertiary alicyclic amines) is 1. The van der Waals surface area contributed by atoms with Crippen LogP contribution in [0.25, 0.3) is 0 Å². The van der Waals surface area contributed by atoms with Crippen molar-refractivity contribution in [1.82, 2.24) is 10.2 Å². The smallest absolute Gasteiger partial charge is 0.264 e. The van der Waals surface area contributed by atoms with Gasteiger partial charge in [-0.1, -0.05) is 66.7 Å². The number of benzene rings is 2. The molecule has 0 radical (unpaired) electrons. The van der Waals surface area contributed by atoms with Gasteiger partial charge in [0.2, 0.25) is 5.91 Å². The third-order valence-corrected chi connectivity index (χ3v) is 6.54. The number of carbonyl (C=O) groups is 2. The maximum absolute atomic E-state index is 12.9. The zero-order chi connectivity index (χ0) is 20.8.